The van der Waals surface area contributed by atoms with Gasteiger partial charge in [-0.15, -0.1) is 0 Å². The largest absolute Gasteiger partial charge is 0.354 e. The fourth-order valence-electron chi connectivity index (χ4n) is 2.74. The van der Waals surface area contributed by atoms with Crippen LogP contribution in [0.15, 0.2) is 12.1 Å². The molecule has 1 fully saturated rings. The van der Waals surface area contributed by atoms with Crippen LogP contribution in [-0.4, -0.2) is 23.6 Å². The maximum absolute atomic E-state index is 4.90. The Morgan fingerprint density at radius 1 is 1.29 bits per heavy atom. The molecule has 1 aromatic rings. The zero-order valence-corrected chi connectivity index (χ0v) is 14.2. The average molecular weight is 289 g/mol. The molecule has 3 nitrogen and oxygen atoms in total. The summed E-state index contributed by atoms with van der Waals surface area (Å²) in [7, 11) is 0. The second-order valence-corrected chi connectivity index (χ2v) is 6.27. The first-order valence-corrected chi connectivity index (χ1v) is 8.67. The predicted octanol–water partition coefficient (Wildman–Crippen LogP) is 3.91. The van der Waals surface area contributed by atoms with E-state index in [1.54, 1.807) is 0 Å². The maximum atomic E-state index is 4.90. The topological polar surface area (TPSA) is 28.2 Å². The van der Waals surface area contributed by atoms with Gasteiger partial charge in [0.25, 0.3) is 0 Å². The summed E-state index contributed by atoms with van der Waals surface area (Å²) in [4.78, 5) is 7.33. The Bertz CT molecular complexity index is 440. The Morgan fingerprint density at radius 2 is 2.05 bits per heavy atom. The van der Waals surface area contributed by atoms with E-state index in [-0.39, 0.29) is 0 Å². The molecule has 1 heterocycles. The highest BCUT2D eigenvalue weighted by atomic mass is 15.2. The van der Waals surface area contributed by atoms with E-state index in [4.69, 9.17) is 4.98 Å². The molecule has 0 aromatic carbocycles. The summed E-state index contributed by atoms with van der Waals surface area (Å²) in [6.07, 6.45) is 6.06. The highest BCUT2D eigenvalue weighted by molar-refractivity contribution is 5.43. The van der Waals surface area contributed by atoms with Gasteiger partial charge in [0.1, 0.15) is 5.82 Å². The Morgan fingerprint density at radius 3 is 2.62 bits per heavy atom. The van der Waals surface area contributed by atoms with Crippen molar-refractivity contribution in [3.63, 3.8) is 0 Å². The fraction of sp³-hybridized carbons (Fsp3) is 0.722. The number of hydrogen-bond donors (Lipinski definition) is 1. The van der Waals surface area contributed by atoms with Crippen LogP contribution < -0.4 is 10.2 Å². The first-order valence-electron chi connectivity index (χ1n) is 8.67. The Hall–Kier alpha value is -1.09. The van der Waals surface area contributed by atoms with Gasteiger partial charge in [-0.25, -0.2) is 4.98 Å². The number of aryl methyl sites for hydroxylation is 1. The van der Waals surface area contributed by atoms with Crippen LogP contribution in [0.4, 0.5) is 5.82 Å². The molecule has 1 saturated carbocycles. The van der Waals surface area contributed by atoms with Gasteiger partial charge >= 0.3 is 0 Å². The molecule has 21 heavy (non-hydrogen) atoms. The minimum absolute atomic E-state index is 0.545. The summed E-state index contributed by atoms with van der Waals surface area (Å²) in [5.74, 6) is 1.16. The zero-order valence-electron chi connectivity index (χ0n) is 14.2. The Labute approximate surface area is 130 Å². The van der Waals surface area contributed by atoms with Gasteiger partial charge in [0.15, 0.2) is 0 Å². The third-order valence-electron chi connectivity index (χ3n) is 4.36. The van der Waals surface area contributed by atoms with Crippen LogP contribution in [0.25, 0.3) is 0 Å². The minimum atomic E-state index is 0.545. The van der Waals surface area contributed by atoms with Gasteiger partial charge < -0.3 is 10.2 Å². The number of nitrogens with zero attached hydrogens (tertiary/aromatic N) is 2. The van der Waals surface area contributed by atoms with E-state index >= 15 is 0 Å². The smallest absolute Gasteiger partial charge is 0.129 e. The van der Waals surface area contributed by atoms with Gasteiger partial charge in [-0.05, 0) is 57.2 Å². The number of aromatic nitrogens is 1. The second kappa shape index (κ2) is 7.79. The van der Waals surface area contributed by atoms with Crippen molar-refractivity contribution < 1.29 is 0 Å². The quantitative estimate of drug-likeness (QED) is 0.747. The molecule has 118 valence electrons. The van der Waals surface area contributed by atoms with E-state index in [9.17, 15) is 0 Å². The van der Waals surface area contributed by atoms with Crippen molar-refractivity contribution in [1.29, 1.82) is 0 Å². The Kier molecular flexibility index (Phi) is 6.04. The van der Waals surface area contributed by atoms with Gasteiger partial charge in [0, 0.05) is 30.9 Å². The normalized spacial score (nSPS) is 16.0. The lowest BCUT2D eigenvalue weighted by Gasteiger charge is -2.29. The van der Waals surface area contributed by atoms with Gasteiger partial charge in [-0.1, -0.05) is 20.3 Å². The van der Waals surface area contributed by atoms with E-state index in [1.807, 2.05) is 0 Å². The van der Waals surface area contributed by atoms with Crippen LogP contribution in [0, 0.1) is 0 Å². The standard InChI is InChI=1S/C18H31N3/c1-5-8-17-11-15(13-19-16-9-10-16)12-18(20-17)21(7-3)14(4)6-2/h11-12,14,16,19H,5-10,13H2,1-4H3. The third-order valence-corrected chi connectivity index (χ3v) is 4.36. The lowest BCUT2D eigenvalue weighted by molar-refractivity contribution is 0.619. The van der Waals surface area contributed by atoms with Crippen molar-refractivity contribution in [3.8, 4) is 0 Å². The van der Waals surface area contributed by atoms with Gasteiger partial charge in [-0.2, -0.15) is 0 Å². The van der Waals surface area contributed by atoms with Gasteiger partial charge in [0.2, 0.25) is 0 Å². The molecular formula is C18H31N3. The Balaban J connectivity index is 2.19. The lowest BCUT2D eigenvalue weighted by Crippen LogP contribution is -2.33. The molecule has 0 amide bonds. The van der Waals surface area contributed by atoms with Crippen LogP contribution >= 0.6 is 0 Å². The summed E-state index contributed by atoms with van der Waals surface area (Å²) in [6.45, 7) is 11.0. The van der Waals surface area contributed by atoms with Gasteiger partial charge in [-0.3, -0.25) is 0 Å². The van der Waals surface area contributed by atoms with Crippen molar-refractivity contribution in [2.75, 3.05) is 11.4 Å². The van der Waals surface area contributed by atoms with Crippen LogP contribution in [0.3, 0.4) is 0 Å². The molecule has 1 unspecified atom stereocenters. The van der Waals surface area contributed by atoms with Crippen LogP contribution in [0.5, 0.6) is 0 Å². The molecule has 2 rings (SSSR count). The summed E-state index contributed by atoms with van der Waals surface area (Å²) >= 11 is 0. The molecule has 0 radical (unpaired) electrons. The zero-order chi connectivity index (χ0) is 15.2. The molecule has 3 heteroatoms. The predicted molar refractivity (Wildman–Crippen MR) is 90.9 cm³/mol. The van der Waals surface area contributed by atoms with E-state index < -0.39 is 0 Å². The van der Waals surface area contributed by atoms with E-state index in [1.165, 1.54) is 24.1 Å². The second-order valence-electron chi connectivity index (χ2n) is 6.27. The van der Waals surface area contributed by atoms with Crippen LogP contribution in [0.2, 0.25) is 0 Å². The molecule has 1 atom stereocenters. The molecule has 0 aliphatic heterocycles. The number of rotatable bonds is 9. The van der Waals surface area contributed by atoms with Crippen molar-refractivity contribution in [3.05, 3.63) is 23.4 Å². The molecule has 0 saturated heterocycles. The molecule has 1 aliphatic rings. The molecular weight excluding hydrogens is 258 g/mol. The van der Waals surface area contributed by atoms with Crippen molar-refractivity contribution >= 4 is 5.82 Å². The summed E-state index contributed by atoms with van der Waals surface area (Å²) in [5, 5.41) is 3.62. The molecule has 1 aliphatic carbocycles. The summed E-state index contributed by atoms with van der Waals surface area (Å²) in [5.41, 5.74) is 2.63. The third kappa shape index (κ3) is 4.70. The maximum Gasteiger partial charge on any atom is 0.129 e. The van der Waals surface area contributed by atoms with Crippen LogP contribution in [-0.2, 0) is 13.0 Å². The molecule has 1 N–H and O–H groups in total. The summed E-state index contributed by atoms with van der Waals surface area (Å²) < 4.78 is 0. The lowest BCUT2D eigenvalue weighted by atomic mass is 10.1. The van der Waals surface area contributed by atoms with E-state index in [2.05, 4.69) is 50.0 Å². The average Bonchev–Trinajstić information content (AvgIpc) is 3.30. The number of anilines is 1. The van der Waals surface area contributed by atoms with E-state index in [0.717, 1.165) is 44.2 Å². The highest BCUT2D eigenvalue weighted by Gasteiger charge is 2.20. The monoisotopic (exact) mass is 289 g/mol. The first-order chi connectivity index (χ1) is 10.2. The SMILES string of the molecule is CCCc1cc(CNC2CC2)cc(N(CC)C(C)CC)n1. The van der Waals surface area contributed by atoms with Crippen molar-refractivity contribution in [2.24, 2.45) is 0 Å². The highest BCUT2D eigenvalue weighted by Crippen LogP contribution is 2.22. The number of nitrogens with one attached hydrogen (secondary N) is 1. The number of pyridine rings is 1. The minimum Gasteiger partial charge on any atom is -0.354 e. The molecule has 0 spiro atoms. The van der Waals surface area contributed by atoms with Crippen molar-refractivity contribution in [1.82, 2.24) is 10.3 Å². The fourth-order valence-corrected chi connectivity index (χ4v) is 2.74. The van der Waals surface area contributed by atoms with E-state index in [0.29, 0.717) is 6.04 Å². The van der Waals surface area contributed by atoms with Crippen molar-refractivity contribution in [2.45, 2.75) is 78.4 Å². The summed E-state index contributed by atoms with van der Waals surface area (Å²) in [6, 6.07) is 5.87. The molecule has 0 bridgehead atoms. The molecule has 1 aromatic heterocycles. The van der Waals surface area contributed by atoms with Gasteiger partial charge in [0.05, 0.1) is 0 Å². The van der Waals surface area contributed by atoms with Crippen LogP contribution in [0.1, 0.15) is 64.6 Å². The first kappa shape index (κ1) is 16.3. The number of hydrogen-bond acceptors (Lipinski definition) is 3.